The van der Waals surface area contributed by atoms with Gasteiger partial charge in [0.1, 0.15) is 0 Å². The van der Waals surface area contributed by atoms with Gasteiger partial charge in [-0.25, -0.2) is 0 Å². The van der Waals surface area contributed by atoms with Gasteiger partial charge in [-0.15, -0.1) is 11.1 Å². The Morgan fingerprint density at radius 3 is 2.71 bits per heavy atom. The minimum absolute atomic E-state index is 0.732. The lowest BCUT2D eigenvalue weighted by atomic mass is 10.1. The van der Waals surface area contributed by atoms with Crippen LogP contribution in [0.3, 0.4) is 0 Å². The van der Waals surface area contributed by atoms with Gasteiger partial charge >= 0.3 is 8.25 Å². The number of hydrogen-bond acceptors (Lipinski definition) is 3. The molecule has 3 nitrogen and oxygen atoms in total. The molecular formula is C10H16O3P+. The molecule has 1 unspecified atom stereocenters. The van der Waals surface area contributed by atoms with Crippen molar-refractivity contribution in [3.05, 3.63) is 12.7 Å². The molecule has 0 bridgehead atoms. The second-order valence-electron chi connectivity index (χ2n) is 3.14. The molecule has 78 valence electrons. The molecule has 0 amide bonds. The Morgan fingerprint density at radius 1 is 1.57 bits per heavy atom. The summed E-state index contributed by atoms with van der Waals surface area (Å²) < 4.78 is 20.5. The van der Waals surface area contributed by atoms with Gasteiger partial charge in [0, 0.05) is 11.0 Å². The van der Waals surface area contributed by atoms with Gasteiger partial charge < -0.3 is 0 Å². The summed E-state index contributed by atoms with van der Waals surface area (Å²) >= 11 is 0. The van der Waals surface area contributed by atoms with Crippen molar-refractivity contribution in [3.63, 3.8) is 0 Å². The van der Waals surface area contributed by atoms with Crippen LogP contribution < -0.4 is 0 Å². The largest absolute Gasteiger partial charge is 0.698 e. The first-order valence-corrected chi connectivity index (χ1v) is 5.43. The lowest BCUT2D eigenvalue weighted by Gasteiger charge is -2.07. The highest BCUT2D eigenvalue weighted by Crippen LogP contribution is 2.29. The van der Waals surface area contributed by atoms with Crippen LogP contribution in [-0.4, -0.2) is 12.7 Å². The maximum Gasteiger partial charge on any atom is 0.698 e. The van der Waals surface area contributed by atoms with Crippen LogP contribution in [0.5, 0.6) is 0 Å². The van der Waals surface area contributed by atoms with E-state index >= 15 is 0 Å². The highest BCUT2D eigenvalue weighted by Gasteiger charge is 2.30. The van der Waals surface area contributed by atoms with E-state index in [9.17, 15) is 4.57 Å². The Bertz CT molecular complexity index is 260. The van der Waals surface area contributed by atoms with Crippen LogP contribution in [0, 0.1) is 11.8 Å². The molecule has 0 aromatic heterocycles. The summed E-state index contributed by atoms with van der Waals surface area (Å²) in [7, 11) is -0.730. The van der Waals surface area contributed by atoms with Crippen molar-refractivity contribution >= 4 is 8.25 Å². The van der Waals surface area contributed by atoms with Crippen LogP contribution in [0.4, 0.5) is 0 Å². The fourth-order valence-corrected chi connectivity index (χ4v) is 1.19. The lowest BCUT2D eigenvalue weighted by molar-refractivity contribution is 0.151. The van der Waals surface area contributed by atoms with Crippen LogP contribution in [0.1, 0.15) is 26.7 Å². The van der Waals surface area contributed by atoms with E-state index < -0.39 is 13.9 Å². The lowest BCUT2D eigenvalue weighted by Crippen LogP contribution is -2.18. The average Bonchev–Trinajstić information content (AvgIpc) is 2.12. The van der Waals surface area contributed by atoms with E-state index in [1.54, 1.807) is 19.9 Å². The molecule has 14 heavy (non-hydrogen) atoms. The minimum atomic E-state index is -2.06. The highest BCUT2D eigenvalue weighted by atomic mass is 31.1. The SMILES string of the molecule is C=CCCC#CC(C)(C)O[P+](=O)OC. The van der Waals surface area contributed by atoms with E-state index in [4.69, 9.17) is 4.52 Å². The van der Waals surface area contributed by atoms with Crippen molar-refractivity contribution in [1.82, 2.24) is 0 Å². The summed E-state index contributed by atoms with van der Waals surface area (Å²) in [6.45, 7) is 7.09. The van der Waals surface area contributed by atoms with E-state index in [-0.39, 0.29) is 0 Å². The quantitative estimate of drug-likeness (QED) is 0.306. The molecule has 0 rings (SSSR count). The topological polar surface area (TPSA) is 35.5 Å². The molecule has 0 fully saturated rings. The molecule has 0 N–H and O–H groups in total. The van der Waals surface area contributed by atoms with Crippen molar-refractivity contribution in [3.8, 4) is 11.8 Å². The first-order valence-electron chi connectivity index (χ1n) is 4.33. The first kappa shape index (κ1) is 13.3. The molecule has 0 heterocycles. The third-order valence-corrected chi connectivity index (χ3v) is 2.22. The fourth-order valence-electron chi connectivity index (χ4n) is 0.696. The Hall–Kier alpha value is -0.680. The highest BCUT2D eigenvalue weighted by molar-refractivity contribution is 7.33. The molecule has 0 aromatic carbocycles. The Balaban J connectivity index is 4.08. The normalized spacial score (nSPS) is 11.5. The maximum atomic E-state index is 10.9. The monoisotopic (exact) mass is 215 g/mol. The Morgan fingerprint density at radius 2 is 2.21 bits per heavy atom. The number of rotatable bonds is 5. The van der Waals surface area contributed by atoms with Crippen molar-refractivity contribution in [1.29, 1.82) is 0 Å². The fraction of sp³-hybridized carbons (Fsp3) is 0.600. The summed E-state index contributed by atoms with van der Waals surface area (Å²) in [4.78, 5) is 0. The van der Waals surface area contributed by atoms with E-state index in [0.717, 1.165) is 12.8 Å². The zero-order chi connectivity index (χ0) is 11.0. The molecular weight excluding hydrogens is 199 g/mol. The first-order chi connectivity index (χ1) is 6.52. The third kappa shape index (κ3) is 6.80. The van der Waals surface area contributed by atoms with Crippen LogP contribution in [0.25, 0.3) is 0 Å². The van der Waals surface area contributed by atoms with Crippen LogP contribution >= 0.6 is 8.25 Å². The second kappa shape index (κ2) is 6.73. The zero-order valence-electron chi connectivity index (χ0n) is 8.87. The predicted octanol–water partition coefficient (Wildman–Crippen LogP) is 3.06. The summed E-state index contributed by atoms with van der Waals surface area (Å²) in [5, 5.41) is 0. The summed E-state index contributed by atoms with van der Waals surface area (Å²) in [6, 6.07) is 0. The third-order valence-electron chi connectivity index (χ3n) is 1.31. The van der Waals surface area contributed by atoms with Gasteiger partial charge in [0.15, 0.2) is 5.60 Å². The molecule has 1 atom stereocenters. The van der Waals surface area contributed by atoms with Crippen LogP contribution in [-0.2, 0) is 13.6 Å². The second-order valence-corrected chi connectivity index (χ2v) is 4.13. The van der Waals surface area contributed by atoms with E-state index in [1.807, 2.05) is 0 Å². The van der Waals surface area contributed by atoms with Crippen molar-refractivity contribution < 1.29 is 13.6 Å². The number of hydrogen-bond donors (Lipinski definition) is 0. The van der Waals surface area contributed by atoms with Gasteiger partial charge in [-0.2, -0.15) is 0 Å². The number of allylic oxidation sites excluding steroid dienone is 1. The summed E-state index contributed by atoms with van der Waals surface area (Å²) in [5.41, 5.74) is -0.732. The van der Waals surface area contributed by atoms with Crippen molar-refractivity contribution in [2.75, 3.05) is 7.11 Å². The summed E-state index contributed by atoms with van der Waals surface area (Å²) in [5.74, 6) is 5.80. The van der Waals surface area contributed by atoms with E-state index in [0.29, 0.717) is 0 Å². The van der Waals surface area contributed by atoms with E-state index in [1.165, 1.54) is 7.11 Å². The molecule has 0 aliphatic rings. The van der Waals surface area contributed by atoms with Crippen LogP contribution in [0.2, 0.25) is 0 Å². The van der Waals surface area contributed by atoms with Gasteiger partial charge in [-0.05, 0) is 20.3 Å². The molecule has 0 saturated heterocycles. The number of unbranched alkanes of at least 4 members (excludes halogenated alkanes) is 1. The maximum absolute atomic E-state index is 10.9. The minimum Gasteiger partial charge on any atom is -0.122 e. The van der Waals surface area contributed by atoms with Crippen molar-refractivity contribution in [2.24, 2.45) is 0 Å². The molecule has 0 spiro atoms. The Kier molecular flexibility index (Phi) is 6.40. The van der Waals surface area contributed by atoms with E-state index in [2.05, 4.69) is 22.9 Å². The smallest absolute Gasteiger partial charge is 0.122 e. The Labute approximate surface area is 86.4 Å². The van der Waals surface area contributed by atoms with Crippen LogP contribution in [0.15, 0.2) is 12.7 Å². The molecule has 0 aliphatic carbocycles. The van der Waals surface area contributed by atoms with Gasteiger partial charge in [0.25, 0.3) is 0 Å². The molecule has 4 heteroatoms. The molecule has 0 saturated carbocycles. The van der Waals surface area contributed by atoms with Crippen molar-refractivity contribution in [2.45, 2.75) is 32.3 Å². The average molecular weight is 215 g/mol. The predicted molar refractivity (Wildman–Crippen MR) is 57.0 cm³/mol. The van der Waals surface area contributed by atoms with Gasteiger partial charge in [0.2, 0.25) is 0 Å². The zero-order valence-corrected chi connectivity index (χ0v) is 9.77. The summed E-state index contributed by atoms with van der Waals surface area (Å²) in [6.07, 6.45) is 3.39. The molecule has 0 aromatic rings. The standard InChI is InChI=1S/C10H16O3P/c1-5-6-7-8-9-10(2,3)13-14(11)12-4/h5H,1,6-7H2,2-4H3/q+1. The van der Waals surface area contributed by atoms with Gasteiger partial charge in [-0.1, -0.05) is 22.4 Å². The molecule has 0 aliphatic heterocycles. The molecule has 0 radical (unpaired) electrons. The van der Waals surface area contributed by atoms with Gasteiger partial charge in [0.05, 0.1) is 7.11 Å². The van der Waals surface area contributed by atoms with Gasteiger partial charge in [-0.3, -0.25) is 0 Å².